The van der Waals surface area contributed by atoms with E-state index in [0.717, 1.165) is 29.3 Å². The van der Waals surface area contributed by atoms with Crippen molar-refractivity contribution in [3.05, 3.63) is 42.4 Å². The molecule has 0 aromatic carbocycles. The van der Waals surface area contributed by atoms with Crippen molar-refractivity contribution >= 4 is 11.3 Å². The molecule has 130 valence electrons. The van der Waals surface area contributed by atoms with E-state index in [0.29, 0.717) is 18.9 Å². The highest BCUT2D eigenvalue weighted by molar-refractivity contribution is 5.69. The van der Waals surface area contributed by atoms with Gasteiger partial charge in [-0.1, -0.05) is 13.8 Å². The lowest BCUT2D eigenvalue weighted by Gasteiger charge is -2.20. The lowest BCUT2D eigenvalue weighted by Crippen LogP contribution is -2.22. The second kappa shape index (κ2) is 6.36. The first kappa shape index (κ1) is 15.9. The van der Waals surface area contributed by atoms with Crippen LogP contribution in [0, 0.1) is 5.92 Å². The zero-order chi connectivity index (χ0) is 17.4. The monoisotopic (exact) mass is 339 g/mol. The number of fused-ring (bicyclic) bond motifs is 1. The van der Waals surface area contributed by atoms with Gasteiger partial charge in [0.2, 0.25) is 5.65 Å². The van der Waals surface area contributed by atoms with Crippen molar-refractivity contribution in [1.29, 1.82) is 0 Å². The van der Waals surface area contributed by atoms with Gasteiger partial charge >= 0.3 is 0 Å². The highest BCUT2D eigenvalue weighted by Gasteiger charge is 2.33. The zero-order valence-corrected chi connectivity index (χ0v) is 14.3. The van der Waals surface area contributed by atoms with E-state index in [2.05, 4.69) is 50.1 Å². The van der Waals surface area contributed by atoms with E-state index in [9.17, 15) is 5.11 Å². The maximum Gasteiger partial charge on any atom is 0.200 e. The average Bonchev–Trinajstić information content (AvgIpc) is 3.22. The fraction of sp³-hybridized carbons (Fsp3) is 0.471. The van der Waals surface area contributed by atoms with Crippen LogP contribution in [-0.2, 0) is 6.42 Å². The third kappa shape index (κ3) is 3.05. The molecule has 0 amide bonds. The van der Waals surface area contributed by atoms with Crippen LogP contribution in [0.5, 0.6) is 0 Å². The van der Waals surface area contributed by atoms with Gasteiger partial charge in [0.1, 0.15) is 6.33 Å². The van der Waals surface area contributed by atoms with Gasteiger partial charge in [-0.05, 0) is 18.4 Å². The molecule has 3 aromatic heterocycles. The molecule has 3 aromatic rings. The van der Waals surface area contributed by atoms with Crippen LogP contribution >= 0.6 is 0 Å². The van der Waals surface area contributed by atoms with E-state index in [1.54, 1.807) is 29.4 Å². The van der Waals surface area contributed by atoms with E-state index in [1.807, 2.05) is 0 Å². The highest BCUT2D eigenvalue weighted by atomic mass is 16.3. The number of aliphatic hydroxyl groups excluding tert-OH is 1. The number of hydrogen-bond donors (Lipinski definition) is 1. The molecule has 8 heteroatoms. The van der Waals surface area contributed by atoms with Gasteiger partial charge in [0.15, 0.2) is 0 Å². The van der Waals surface area contributed by atoms with Gasteiger partial charge in [-0.2, -0.15) is 9.61 Å². The molecular formula is C17H21N7O. The first-order valence-corrected chi connectivity index (χ1v) is 8.50. The van der Waals surface area contributed by atoms with Crippen molar-refractivity contribution in [1.82, 2.24) is 29.8 Å². The van der Waals surface area contributed by atoms with E-state index in [1.165, 1.54) is 0 Å². The second-order valence-electron chi connectivity index (χ2n) is 6.84. The minimum absolute atomic E-state index is 0.107. The summed E-state index contributed by atoms with van der Waals surface area (Å²) in [6.45, 7) is 5.52. The Morgan fingerprint density at radius 3 is 2.92 bits per heavy atom. The maximum atomic E-state index is 10.5. The predicted octanol–water partition coefficient (Wildman–Crippen LogP) is 1.08. The summed E-state index contributed by atoms with van der Waals surface area (Å²) in [6, 6.07) is 2.06. The Labute approximate surface area is 145 Å². The molecule has 0 unspecified atom stereocenters. The molecule has 1 aliphatic heterocycles. The standard InChI is InChI=1S/C17H21N7O/c1-11(2)14-6-15(17-21-20-10-24(17)22-14)23-8-12(16(25)9-23)5-13-7-18-3-4-19-13/h3-4,6-7,10-12,16,25H,5,8-9H2,1-2H3/t12-,16-/m1/s1. The van der Waals surface area contributed by atoms with Crippen LogP contribution in [0.3, 0.4) is 0 Å². The van der Waals surface area contributed by atoms with Crippen molar-refractivity contribution in [3.63, 3.8) is 0 Å². The SMILES string of the molecule is CC(C)c1cc(N2C[C@@H](Cc3cnccn3)[C@H](O)C2)c2nncn2n1. The number of anilines is 1. The second-order valence-corrected chi connectivity index (χ2v) is 6.84. The third-order valence-electron chi connectivity index (χ3n) is 4.69. The third-order valence-corrected chi connectivity index (χ3v) is 4.69. The van der Waals surface area contributed by atoms with Gasteiger partial charge in [-0.15, -0.1) is 10.2 Å². The Morgan fingerprint density at radius 2 is 2.16 bits per heavy atom. The summed E-state index contributed by atoms with van der Waals surface area (Å²) in [4.78, 5) is 10.6. The molecule has 1 saturated heterocycles. The first-order valence-electron chi connectivity index (χ1n) is 8.50. The number of hydrogen-bond acceptors (Lipinski definition) is 7. The summed E-state index contributed by atoms with van der Waals surface area (Å²) in [7, 11) is 0. The first-order chi connectivity index (χ1) is 12.1. The number of rotatable bonds is 4. The van der Waals surface area contributed by atoms with E-state index < -0.39 is 6.10 Å². The summed E-state index contributed by atoms with van der Waals surface area (Å²) in [6.07, 6.45) is 7.01. The topological polar surface area (TPSA) is 92.3 Å². The van der Waals surface area contributed by atoms with Crippen molar-refractivity contribution in [2.75, 3.05) is 18.0 Å². The van der Waals surface area contributed by atoms with Crippen LogP contribution in [0.1, 0.15) is 31.2 Å². The molecule has 0 saturated carbocycles. The van der Waals surface area contributed by atoms with Crippen LogP contribution < -0.4 is 4.90 Å². The molecule has 4 rings (SSSR count). The predicted molar refractivity (Wildman–Crippen MR) is 92.3 cm³/mol. The van der Waals surface area contributed by atoms with Crippen molar-refractivity contribution in [2.24, 2.45) is 5.92 Å². The average molecular weight is 339 g/mol. The summed E-state index contributed by atoms with van der Waals surface area (Å²) in [5.41, 5.74) is 3.57. The van der Waals surface area contributed by atoms with Gasteiger partial charge in [0, 0.05) is 37.6 Å². The van der Waals surface area contributed by atoms with Crippen LogP contribution in [0.2, 0.25) is 0 Å². The van der Waals surface area contributed by atoms with E-state index in [-0.39, 0.29) is 5.92 Å². The van der Waals surface area contributed by atoms with Crippen molar-refractivity contribution in [2.45, 2.75) is 32.3 Å². The maximum absolute atomic E-state index is 10.5. The number of aromatic nitrogens is 6. The Kier molecular flexibility index (Phi) is 4.04. The fourth-order valence-corrected chi connectivity index (χ4v) is 3.30. The molecule has 4 heterocycles. The van der Waals surface area contributed by atoms with E-state index in [4.69, 9.17) is 0 Å². The normalized spacial score (nSPS) is 20.7. The Bertz CT molecular complexity index is 864. The molecular weight excluding hydrogens is 318 g/mol. The molecule has 25 heavy (non-hydrogen) atoms. The molecule has 2 atom stereocenters. The highest BCUT2D eigenvalue weighted by Crippen LogP contribution is 2.30. The van der Waals surface area contributed by atoms with E-state index >= 15 is 0 Å². The molecule has 0 bridgehead atoms. The minimum Gasteiger partial charge on any atom is -0.391 e. The van der Waals surface area contributed by atoms with Gasteiger partial charge in [-0.25, -0.2) is 0 Å². The number of β-amino-alcohol motifs (C(OH)–C–C–N with tert-alkyl or cyclic N) is 1. The molecule has 1 fully saturated rings. The molecule has 8 nitrogen and oxygen atoms in total. The minimum atomic E-state index is -0.416. The lowest BCUT2D eigenvalue weighted by molar-refractivity contribution is 0.147. The summed E-state index contributed by atoms with van der Waals surface area (Å²) >= 11 is 0. The summed E-state index contributed by atoms with van der Waals surface area (Å²) < 4.78 is 1.72. The largest absolute Gasteiger partial charge is 0.391 e. The summed E-state index contributed by atoms with van der Waals surface area (Å²) in [5.74, 6) is 0.406. The Balaban J connectivity index is 1.62. The van der Waals surface area contributed by atoms with Crippen molar-refractivity contribution in [3.8, 4) is 0 Å². The molecule has 1 aliphatic rings. The van der Waals surface area contributed by atoms with Gasteiger partial charge in [0.25, 0.3) is 0 Å². The van der Waals surface area contributed by atoms with Crippen LogP contribution in [0.25, 0.3) is 5.65 Å². The molecule has 0 spiro atoms. The van der Waals surface area contributed by atoms with Crippen LogP contribution in [0.4, 0.5) is 5.69 Å². The lowest BCUT2D eigenvalue weighted by atomic mass is 10.0. The van der Waals surface area contributed by atoms with Crippen LogP contribution in [0.15, 0.2) is 31.0 Å². The van der Waals surface area contributed by atoms with Crippen molar-refractivity contribution < 1.29 is 5.11 Å². The van der Waals surface area contributed by atoms with Gasteiger partial charge < -0.3 is 10.0 Å². The Hall–Kier alpha value is -2.61. The quantitative estimate of drug-likeness (QED) is 0.760. The number of nitrogens with zero attached hydrogens (tertiary/aromatic N) is 7. The summed E-state index contributed by atoms with van der Waals surface area (Å²) in [5, 5.41) is 23.3. The van der Waals surface area contributed by atoms with Gasteiger partial charge in [0.05, 0.1) is 23.2 Å². The molecule has 1 N–H and O–H groups in total. The molecule has 0 radical (unpaired) electrons. The molecule has 0 aliphatic carbocycles. The number of aliphatic hydroxyl groups is 1. The van der Waals surface area contributed by atoms with Crippen LogP contribution in [-0.4, -0.2) is 54.1 Å². The zero-order valence-electron chi connectivity index (χ0n) is 14.3. The van der Waals surface area contributed by atoms with Gasteiger partial charge in [-0.3, -0.25) is 9.97 Å². The fourth-order valence-electron chi connectivity index (χ4n) is 3.30. The Morgan fingerprint density at radius 1 is 1.28 bits per heavy atom. The smallest absolute Gasteiger partial charge is 0.200 e.